The van der Waals surface area contributed by atoms with Crippen LogP contribution in [0.3, 0.4) is 0 Å². The largest absolute Gasteiger partial charge is 0.494 e. The van der Waals surface area contributed by atoms with Crippen molar-refractivity contribution in [1.82, 2.24) is 9.36 Å². The molecule has 0 aliphatic carbocycles. The molecule has 1 aromatic heterocycles. The number of aromatic nitrogens is 2. The fourth-order valence-corrected chi connectivity index (χ4v) is 3.24. The predicted octanol–water partition coefficient (Wildman–Crippen LogP) is 3.87. The van der Waals surface area contributed by atoms with Crippen LogP contribution in [0.4, 0.5) is 5.69 Å². The fraction of sp³-hybridized carbons (Fsp3) is 0.292. The molecule has 0 fully saturated rings. The summed E-state index contributed by atoms with van der Waals surface area (Å²) in [5.74, 6) is 0.205. The van der Waals surface area contributed by atoms with Crippen LogP contribution in [0, 0.1) is 6.92 Å². The van der Waals surface area contributed by atoms with Crippen molar-refractivity contribution in [3.05, 3.63) is 76.2 Å². The molecule has 0 saturated heterocycles. The maximum absolute atomic E-state index is 12.9. The molecule has 7 heteroatoms. The van der Waals surface area contributed by atoms with E-state index in [0.29, 0.717) is 29.3 Å². The summed E-state index contributed by atoms with van der Waals surface area (Å²) >= 11 is 0. The number of benzene rings is 2. The number of carbonyl (C=O) groups excluding carboxylic acids is 2. The number of hydrogen-bond acceptors (Lipinski definition) is 4. The molecule has 0 spiro atoms. The topological polar surface area (TPSA) is 82.3 Å². The summed E-state index contributed by atoms with van der Waals surface area (Å²) in [4.78, 5) is 37.7. The fourth-order valence-electron chi connectivity index (χ4n) is 3.24. The van der Waals surface area contributed by atoms with Crippen molar-refractivity contribution >= 4 is 17.4 Å². The molecule has 0 aliphatic rings. The molecule has 3 rings (SSSR count). The zero-order valence-electron chi connectivity index (χ0n) is 18.1. The van der Waals surface area contributed by atoms with Crippen molar-refractivity contribution in [3.63, 3.8) is 0 Å². The van der Waals surface area contributed by atoms with Gasteiger partial charge in [0.2, 0.25) is 5.91 Å². The highest BCUT2D eigenvalue weighted by Crippen LogP contribution is 2.16. The first-order valence-electron chi connectivity index (χ1n) is 10.3. The Morgan fingerprint density at radius 3 is 2.32 bits per heavy atom. The monoisotopic (exact) mass is 421 g/mol. The van der Waals surface area contributed by atoms with Crippen molar-refractivity contribution < 1.29 is 14.3 Å². The van der Waals surface area contributed by atoms with E-state index in [2.05, 4.69) is 5.32 Å². The second-order valence-electron chi connectivity index (χ2n) is 7.28. The number of nitrogens with one attached hydrogen (secondary N) is 1. The first kappa shape index (κ1) is 22.1. The quantitative estimate of drug-likeness (QED) is 0.532. The molecule has 31 heavy (non-hydrogen) atoms. The summed E-state index contributed by atoms with van der Waals surface area (Å²) in [5.41, 5.74) is 1.78. The standard InChI is InChI=1S/C24H27N3O4/c1-4-16-31-20-12-10-18(11-13-20)21(28)14-15-22(29)25-23-17(2)26(3)27(24(23)30)19-8-6-5-7-9-19/h5-13H,4,14-16H2,1-3H3,(H,25,29). The van der Waals surface area contributed by atoms with Gasteiger partial charge in [0, 0.05) is 25.5 Å². The van der Waals surface area contributed by atoms with Gasteiger partial charge in [0.25, 0.3) is 5.56 Å². The lowest BCUT2D eigenvalue weighted by Crippen LogP contribution is -2.23. The number of ether oxygens (including phenoxy) is 1. The number of rotatable bonds is 9. The van der Waals surface area contributed by atoms with E-state index < -0.39 is 0 Å². The van der Waals surface area contributed by atoms with Gasteiger partial charge in [-0.25, -0.2) is 4.68 Å². The third-order valence-corrected chi connectivity index (χ3v) is 5.05. The SMILES string of the molecule is CCCOc1ccc(C(=O)CCC(=O)Nc2c(C)n(C)n(-c3ccccc3)c2=O)cc1. The van der Waals surface area contributed by atoms with Gasteiger partial charge in [0.05, 0.1) is 18.0 Å². The molecule has 0 unspecified atom stereocenters. The lowest BCUT2D eigenvalue weighted by Gasteiger charge is -2.07. The zero-order chi connectivity index (χ0) is 22.4. The second-order valence-corrected chi connectivity index (χ2v) is 7.28. The minimum atomic E-state index is -0.373. The van der Waals surface area contributed by atoms with Crippen molar-refractivity contribution in [1.29, 1.82) is 0 Å². The number of anilines is 1. The summed E-state index contributed by atoms with van der Waals surface area (Å²) in [7, 11) is 1.76. The van der Waals surface area contributed by atoms with Gasteiger partial charge in [-0.2, -0.15) is 0 Å². The Kier molecular flexibility index (Phi) is 7.07. The third kappa shape index (κ3) is 5.12. The molecule has 162 valence electrons. The summed E-state index contributed by atoms with van der Waals surface area (Å²) in [6.07, 6.45) is 0.957. The van der Waals surface area contributed by atoms with Crippen LogP contribution in [-0.2, 0) is 11.8 Å². The van der Waals surface area contributed by atoms with E-state index in [1.807, 2.05) is 37.3 Å². The Morgan fingerprint density at radius 1 is 1.00 bits per heavy atom. The Morgan fingerprint density at radius 2 is 1.68 bits per heavy atom. The normalized spacial score (nSPS) is 10.7. The molecule has 0 atom stereocenters. The van der Waals surface area contributed by atoms with Gasteiger partial charge in [-0.15, -0.1) is 0 Å². The average Bonchev–Trinajstić information content (AvgIpc) is 3.00. The molecule has 2 aromatic carbocycles. The van der Waals surface area contributed by atoms with Crippen molar-refractivity contribution in [2.24, 2.45) is 7.05 Å². The molecule has 0 bridgehead atoms. The van der Waals surface area contributed by atoms with Crippen LogP contribution in [0.5, 0.6) is 5.75 Å². The van der Waals surface area contributed by atoms with Crippen LogP contribution in [-0.4, -0.2) is 27.7 Å². The Hall–Kier alpha value is -3.61. The van der Waals surface area contributed by atoms with Crippen LogP contribution >= 0.6 is 0 Å². The summed E-state index contributed by atoms with van der Waals surface area (Å²) < 4.78 is 8.70. The number of amides is 1. The molecule has 0 radical (unpaired) electrons. The lowest BCUT2D eigenvalue weighted by atomic mass is 10.1. The van der Waals surface area contributed by atoms with Crippen LogP contribution in [0.15, 0.2) is 59.4 Å². The number of para-hydroxylation sites is 1. The minimum absolute atomic E-state index is 0.00791. The van der Waals surface area contributed by atoms with Gasteiger partial charge >= 0.3 is 0 Å². The van der Waals surface area contributed by atoms with Gasteiger partial charge in [-0.05, 0) is 49.7 Å². The molecule has 0 aliphatic heterocycles. The van der Waals surface area contributed by atoms with Crippen molar-refractivity contribution in [2.45, 2.75) is 33.1 Å². The van der Waals surface area contributed by atoms with Crippen LogP contribution < -0.4 is 15.6 Å². The van der Waals surface area contributed by atoms with Crippen LogP contribution in [0.1, 0.15) is 42.2 Å². The van der Waals surface area contributed by atoms with Crippen LogP contribution in [0.25, 0.3) is 5.69 Å². The molecule has 7 nitrogen and oxygen atoms in total. The van der Waals surface area contributed by atoms with Gasteiger partial charge < -0.3 is 10.1 Å². The zero-order valence-corrected chi connectivity index (χ0v) is 18.1. The highest BCUT2D eigenvalue weighted by molar-refractivity contribution is 6.00. The molecule has 3 aromatic rings. The third-order valence-electron chi connectivity index (χ3n) is 5.05. The predicted molar refractivity (Wildman–Crippen MR) is 120 cm³/mol. The highest BCUT2D eigenvalue weighted by Gasteiger charge is 2.18. The molecular weight excluding hydrogens is 394 g/mol. The van der Waals surface area contributed by atoms with E-state index in [-0.39, 0.29) is 35.8 Å². The molecule has 0 saturated carbocycles. The molecule has 1 N–H and O–H groups in total. The van der Waals surface area contributed by atoms with Gasteiger partial charge in [-0.1, -0.05) is 25.1 Å². The number of nitrogens with zero attached hydrogens (tertiary/aromatic N) is 2. The summed E-state index contributed by atoms with van der Waals surface area (Å²) in [6.45, 7) is 4.42. The Labute approximate surface area is 181 Å². The maximum Gasteiger partial charge on any atom is 0.295 e. The van der Waals surface area contributed by atoms with Crippen molar-refractivity contribution in [3.8, 4) is 11.4 Å². The van der Waals surface area contributed by atoms with Crippen LogP contribution in [0.2, 0.25) is 0 Å². The maximum atomic E-state index is 12.9. The van der Waals surface area contributed by atoms with E-state index >= 15 is 0 Å². The highest BCUT2D eigenvalue weighted by atomic mass is 16.5. The Bertz CT molecular complexity index is 1110. The molecule has 1 amide bonds. The second kappa shape index (κ2) is 9.93. The Balaban J connectivity index is 1.64. The van der Waals surface area contributed by atoms with E-state index in [4.69, 9.17) is 4.74 Å². The smallest absolute Gasteiger partial charge is 0.295 e. The van der Waals surface area contributed by atoms with E-state index in [1.165, 1.54) is 4.68 Å². The molecule has 1 heterocycles. The van der Waals surface area contributed by atoms with Gasteiger partial charge in [0.15, 0.2) is 5.78 Å². The number of ketones is 1. The van der Waals surface area contributed by atoms with Gasteiger partial charge in [-0.3, -0.25) is 19.1 Å². The summed E-state index contributed by atoms with van der Waals surface area (Å²) in [6, 6.07) is 16.1. The van der Waals surface area contributed by atoms with Gasteiger partial charge in [0.1, 0.15) is 11.4 Å². The number of carbonyl (C=O) groups is 2. The minimum Gasteiger partial charge on any atom is -0.494 e. The summed E-state index contributed by atoms with van der Waals surface area (Å²) in [5, 5.41) is 2.68. The number of Topliss-reactive ketones (excluding diaryl/α,β-unsaturated/α-hetero) is 1. The van der Waals surface area contributed by atoms with E-state index in [9.17, 15) is 14.4 Å². The van der Waals surface area contributed by atoms with E-state index in [1.54, 1.807) is 42.9 Å². The average molecular weight is 421 g/mol. The first-order valence-corrected chi connectivity index (χ1v) is 10.3. The first-order chi connectivity index (χ1) is 14.9. The molecular formula is C24H27N3O4. The number of hydrogen-bond donors (Lipinski definition) is 1. The lowest BCUT2D eigenvalue weighted by molar-refractivity contribution is -0.116. The van der Waals surface area contributed by atoms with Crippen molar-refractivity contribution in [2.75, 3.05) is 11.9 Å². The van der Waals surface area contributed by atoms with E-state index in [0.717, 1.165) is 6.42 Å².